The van der Waals surface area contributed by atoms with E-state index in [9.17, 15) is 14.7 Å². The smallest absolute Gasteiger partial charge is 0.295 e. The minimum Gasteiger partial charge on any atom is -0.507 e. The zero-order valence-corrected chi connectivity index (χ0v) is 26.2. The highest BCUT2D eigenvalue weighted by Crippen LogP contribution is 2.42. The summed E-state index contributed by atoms with van der Waals surface area (Å²) in [7, 11) is 1.57. The Hall–Kier alpha value is -3.56. The summed E-state index contributed by atoms with van der Waals surface area (Å²) in [6.07, 6.45) is 2.87. The number of unbranched alkanes of at least 4 members (excludes halogenated alkanes) is 1. The van der Waals surface area contributed by atoms with Crippen molar-refractivity contribution >= 4 is 17.4 Å². The molecule has 2 aliphatic rings. The lowest BCUT2D eigenvalue weighted by Crippen LogP contribution is -2.42. The number of likely N-dealkylation sites (tertiary alicyclic amines) is 1. The first-order valence-electron chi connectivity index (χ1n) is 15.4. The molecule has 0 aromatic heterocycles. The molecule has 0 bridgehead atoms. The number of hydrogen-bond donors (Lipinski definition) is 1. The highest BCUT2D eigenvalue weighted by atomic mass is 16.5. The number of aliphatic hydroxyl groups is 1. The number of amides is 1. The summed E-state index contributed by atoms with van der Waals surface area (Å²) < 4.78 is 23.0. The van der Waals surface area contributed by atoms with E-state index in [4.69, 9.17) is 18.9 Å². The molecule has 4 rings (SSSR count). The highest BCUT2D eigenvalue weighted by molar-refractivity contribution is 6.46. The molecule has 2 aliphatic heterocycles. The lowest BCUT2D eigenvalue weighted by molar-refractivity contribution is -0.140. The van der Waals surface area contributed by atoms with Crippen molar-refractivity contribution in [2.75, 3.05) is 59.7 Å². The van der Waals surface area contributed by atoms with Crippen LogP contribution in [0, 0.1) is 12.8 Å². The number of aryl methyl sites for hydroxylation is 1. The predicted molar refractivity (Wildman–Crippen MR) is 166 cm³/mol. The summed E-state index contributed by atoms with van der Waals surface area (Å²) in [6, 6.07) is 10.0. The number of methoxy groups -OCH3 is 1. The number of Topliss-reactive ketones (excluding diaryl/α,β-unsaturated/α-hetero) is 1. The molecule has 9 heteroatoms. The highest BCUT2D eigenvalue weighted by Gasteiger charge is 2.46. The van der Waals surface area contributed by atoms with E-state index in [2.05, 4.69) is 25.7 Å². The first-order chi connectivity index (χ1) is 20.7. The van der Waals surface area contributed by atoms with Crippen LogP contribution in [0.25, 0.3) is 5.76 Å². The van der Waals surface area contributed by atoms with Gasteiger partial charge in [0, 0.05) is 31.7 Å². The van der Waals surface area contributed by atoms with Crippen LogP contribution in [0.5, 0.6) is 17.2 Å². The number of aliphatic hydroxyl groups excluding tert-OH is 1. The Morgan fingerprint density at radius 1 is 1.02 bits per heavy atom. The van der Waals surface area contributed by atoms with Crippen molar-refractivity contribution in [1.29, 1.82) is 0 Å². The van der Waals surface area contributed by atoms with Crippen LogP contribution in [0.1, 0.15) is 62.8 Å². The summed E-state index contributed by atoms with van der Waals surface area (Å²) in [5, 5.41) is 11.7. The summed E-state index contributed by atoms with van der Waals surface area (Å²) >= 11 is 0. The number of nitrogens with zero attached hydrogens (tertiary/aromatic N) is 2. The zero-order chi connectivity index (χ0) is 30.9. The van der Waals surface area contributed by atoms with Crippen molar-refractivity contribution in [2.45, 2.75) is 53.0 Å². The molecule has 9 nitrogen and oxygen atoms in total. The van der Waals surface area contributed by atoms with Crippen molar-refractivity contribution < 1.29 is 33.6 Å². The average molecular weight is 595 g/mol. The number of ether oxygens (including phenoxy) is 4. The molecular formula is C34H46N2O7. The summed E-state index contributed by atoms with van der Waals surface area (Å²) in [4.78, 5) is 30.9. The second kappa shape index (κ2) is 15.3. The summed E-state index contributed by atoms with van der Waals surface area (Å²) in [6.45, 7) is 13.1. The third-order valence-corrected chi connectivity index (χ3v) is 7.98. The summed E-state index contributed by atoms with van der Waals surface area (Å²) in [5.41, 5.74) is 1.95. The van der Waals surface area contributed by atoms with Crippen molar-refractivity contribution in [1.82, 2.24) is 9.80 Å². The molecule has 1 unspecified atom stereocenters. The maximum atomic E-state index is 13.6. The van der Waals surface area contributed by atoms with Gasteiger partial charge in [-0.05, 0) is 67.1 Å². The van der Waals surface area contributed by atoms with Crippen molar-refractivity contribution in [3.8, 4) is 17.2 Å². The standard InChI is InChI=1S/C34H46N2O7/c1-6-7-17-42-26-9-10-27(24(4)21-26)32(37)30-31(25-8-11-28(29(22-25)40-5)43-18-12-23(2)3)36(34(39)33(30)38)14-13-35-15-19-41-20-16-35/h8-11,21-23,31,37H,6-7,12-20H2,1-5H3. The van der Waals surface area contributed by atoms with E-state index >= 15 is 0 Å². The molecule has 2 aromatic rings. The molecule has 0 radical (unpaired) electrons. The molecular weight excluding hydrogens is 548 g/mol. The largest absolute Gasteiger partial charge is 0.507 e. The van der Waals surface area contributed by atoms with Crippen LogP contribution in [-0.2, 0) is 14.3 Å². The molecule has 1 amide bonds. The van der Waals surface area contributed by atoms with Gasteiger partial charge in [0.1, 0.15) is 11.5 Å². The number of benzene rings is 2. The van der Waals surface area contributed by atoms with Crippen LogP contribution in [0.15, 0.2) is 42.0 Å². The van der Waals surface area contributed by atoms with Crippen LogP contribution in [0.3, 0.4) is 0 Å². The van der Waals surface area contributed by atoms with E-state index in [-0.39, 0.29) is 11.3 Å². The predicted octanol–water partition coefficient (Wildman–Crippen LogP) is 5.36. The van der Waals surface area contributed by atoms with Gasteiger partial charge in [0.05, 0.1) is 45.2 Å². The Morgan fingerprint density at radius 3 is 2.47 bits per heavy atom. The fourth-order valence-corrected chi connectivity index (χ4v) is 5.38. The van der Waals surface area contributed by atoms with Crippen LogP contribution in [0.4, 0.5) is 0 Å². The summed E-state index contributed by atoms with van der Waals surface area (Å²) in [5.74, 6) is 0.749. The van der Waals surface area contributed by atoms with E-state index in [1.165, 1.54) is 0 Å². The van der Waals surface area contributed by atoms with Crippen LogP contribution < -0.4 is 14.2 Å². The van der Waals surface area contributed by atoms with E-state index < -0.39 is 17.7 Å². The number of rotatable bonds is 14. The van der Waals surface area contributed by atoms with Gasteiger partial charge in [-0.15, -0.1) is 0 Å². The second-order valence-electron chi connectivity index (χ2n) is 11.6. The van der Waals surface area contributed by atoms with Gasteiger partial charge >= 0.3 is 0 Å². The lowest BCUT2D eigenvalue weighted by Gasteiger charge is -2.31. The first kappa shape index (κ1) is 32.4. The van der Waals surface area contributed by atoms with Gasteiger partial charge in [-0.3, -0.25) is 14.5 Å². The van der Waals surface area contributed by atoms with Crippen molar-refractivity contribution in [3.05, 3.63) is 58.7 Å². The molecule has 2 aromatic carbocycles. The molecule has 234 valence electrons. The molecule has 0 spiro atoms. The normalized spacial score (nSPS) is 18.8. The van der Waals surface area contributed by atoms with Gasteiger partial charge in [-0.25, -0.2) is 0 Å². The second-order valence-corrected chi connectivity index (χ2v) is 11.6. The van der Waals surface area contributed by atoms with Gasteiger partial charge in [-0.1, -0.05) is 33.3 Å². The van der Waals surface area contributed by atoms with E-state index in [1.54, 1.807) is 30.2 Å². The zero-order valence-electron chi connectivity index (χ0n) is 26.2. The number of morpholine rings is 1. The molecule has 0 saturated carbocycles. The van der Waals surface area contributed by atoms with Gasteiger partial charge in [0.2, 0.25) is 0 Å². The van der Waals surface area contributed by atoms with E-state index in [0.29, 0.717) is 73.8 Å². The molecule has 2 heterocycles. The van der Waals surface area contributed by atoms with E-state index in [0.717, 1.165) is 37.9 Å². The van der Waals surface area contributed by atoms with Crippen molar-refractivity contribution in [3.63, 3.8) is 0 Å². The molecule has 0 aliphatic carbocycles. The monoisotopic (exact) mass is 594 g/mol. The van der Waals surface area contributed by atoms with Crippen LogP contribution in [-0.4, -0.2) is 86.3 Å². The maximum Gasteiger partial charge on any atom is 0.295 e. The first-order valence-corrected chi connectivity index (χ1v) is 15.4. The quantitative estimate of drug-likeness (QED) is 0.135. The Kier molecular flexibility index (Phi) is 11.5. The fourth-order valence-electron chi connectivity index (χ4n) is 5.38. The fraction of sp³-hybridized carbons (Fsp3) is 0.529. The maximum absolute atomic E-state index is 13.6. The van der Waals surface area contributed by atoms with Gasteiger partial charge in [0.15, 0.2) is 11.5 Å². The van der Waals surface area contributed by atoms with Gasteiger partial charge in [-0.2, -0.15) is 0 Å². The number of carbonyl (C=O) groups is 2. The Morgan fingerprint density at radius 2 is 1.79 bits per heavy atom. The Balaban J connectivity index is 1.72. The van der Waals surface area contributed by atoms with Crippen LogP contribution in [0.2, 0.25) is 0 Å². The van der Waals surface area contributed by atoms with Crippen LogP contribution >= 0.6 is 0 Å². The topological polar surface area (TPSA) is 97.8 Å². The Labute approximate surface area is 255 Å². The molecule has 43 heavy (non-hydrogen) atoms. The van der Waals surface area contributed by atoms with Crippen molar-refractivity contribution in [2.24, 2.45) is 5.92 Å². The number of hydrogen-bond acceptors (Lipinski definition) is 8. The van der Waals surface area contributed by atoms with E-state index in [1.807, 2.05) is 25.1 Å². The minimum absolute atomic E-state index is 0.0604. The third kappa shape index (κ3) is 7.89. The molecule has 1 N–H and O–H groups in total. The number of ketones is 1. The number of carbonyl (C=O) groups excluding carboxylic acids is 2. The van der Waals surface area contributed by atoms with Gasteiger partial charge < -0.3 is 29.0 Å². The SMILES string of the molecule is CCCCOc1ccc(C(O)=C2C(=O)C(=O)N(CCN3CCOCC3)C2c2ccc(OCCC(C)C)c(OC)c2)c(C)c1. The third-order valence-electron chi connectivity index (χ3n) is 7.98. The molecule has 2 fully saturated rings. The minimum atomic E-state index is -0.792. The average Bonchev–Trinajstić information content (AvgIpc) is 3.25. The lowest BCUT2D eigenvalue weighted by atomic mass is 9.93. The van der Waals surface area contributed by atoms with Gasteiger partial charge in [0.25, 0.3) is 11.7 Å². The molecule has 2 saturated heterocycles. The Bertz CT molecular complexity index is 1300. The molecule has 1 atom stereocenters.